The Morgan fingerprint density at radius 3 is 2.95 bits per heavy atom. The van der Waals surface area contributed by atoms with E-state index in [2.05, 4.69) is 10.3 Å². The summed E-state index contributed by atoms with van der Waals surface area (Å²) in [5.74, 6) is -1.05. The highest BCUT2D eigenvalue weighted by atomic mass is 35.5. The molecule has 0 fully saturated rings. The Bertz CT molecular complexity index is 675. The fourth-order valence-corrected chi connectivity index (χ4v) is 1.89. The number of aromatic nitrogens is 2. The number of benzene rings is 1. The number of halogens is 1. The summed E-state index contributed by atoms with van der Waals surface area (Å²) in [6, 6.07) is 7.01. The van der Waals surface area contributed by atoms with Crippen molar-refractivity contribution in [1.82, 2.24) is 9.55 Å². The standard InChI is InChI=1S/C13H11ClN4O2/c14-10-5-9(6-15)1-2-11(10)16-3-4-18-7-12(13(19)20)17-8-18/h1-2,5,7-8,16H,3-4H2,(H,19,20). The lowest BCUT2D eigenvalue weighted by Crippen LogP contribution is -2.09. The third-order valence-corrected chi connectivity index (χ3v) is 2.95. The van der Waals surface area contributed by atoms with E-state index in [9.17, 15) is 4.79 Å². The van der Waals surface area contributed by atoms with Gasteiger partial charge in [0, 0.05) is 19.3 Å². The van der Waals surface area contributed by atoms with E-state index < -0.39 is 5.97 Å². The maximum absolute atomic E-state index is 10.7. The molecule has 1 heterocycles. The van der Waals surface area contributed by atoms with Crippen LogP contribution in [0.15, 0.2) is 30.7 Å². The molecule has 0 spiro atoms. The van der Waals surface area contributed by atoms with Crippen molar-refractivity contribution < 1.29 is 9.90 Å². The summed E-state index contributed by atoms with van der Waals surface area (Å²) in [6.07, 6.45) is 2.93. The van der Waals surface area contributed by atoms with Crippen molar-refractivity contribution in [3.8, 4) is 6.07 Å². The van der Waals surface area contributed by atoms with Gasteiger partial charge >= 0.3 is 5.97 Å². The highest BCUT2D eigenvalue weighted by Crippen LogP contribution is 2.22. The van der Waals surface area contributed by atoms with Crippen molar-refractivity contribution in [1.29, 1.82) is 5.26 Å². The summed E-state index contributed by atoms with van der Waals surface area (Å²) in [5.41, 5.74) is 1.24. The molecule has 1 aromatic heterocycles. The maximum Gasteiger partial charge on any atom is 0.356 e. The van der Waals surface area contributed by atoms with Crippen LogP contribution in [0.1, 0.15) is 16.1 Å². The van der Waals surface area contributed by atoms with Crippen LogP contribution >= 0.6 is 11.6 Å². The van der Waals surface area contributed by atoms with Crippen molar-refractivity contribution >= 4 is 23.3 Å². The summed E-state index contributed by atoms with van der Waals surface area (Å²) in [4.78, 5) is 14.4. The van der Waals surface area contributed by atoms with Crippen molar-refractivity contribution in [3.63, 3.8) is 0 Å². The van der Waals surface area contributed by atoms with E-state index in [0.717, 1.165) is 5.69 Å². The second kappa shape index (κ2) is 6.08. The number of rotatable bonds is 5. The number of imidazole rings is 1. The molecule has 20 heavy (non-hydrogen) atoms. The predicted molar refractivity (Wildman–Crippen MR) is 73.8 cm³/mol. The number of aromatic carboxylic acids is 1. The maximum atomic E-state index is 10.7. The third kappa shape index (κ3) is 3.28. The average molecular weight is 291 g/mol. The average Bonchev–Trinajstić information content (AvgIpc) is 2.89. The van der Waals surface area contributed by atoms with Crippen LogP contribution in [0, 0.1) is 11.3 Å². The summed E-state index contributed by atoms with van der Waals surface area (Å²) >= 11 is 6.03. The molecule has 0 amide bonds. The SMILES string of the molecule is N#Cc1ccc(NCCn2cnc(C(=O)O)c2)c(Cl)c1. The molecule has 0 saturated carbocycles. The van der Waals surface area contributed by atoms with E-state index in [-0.39, 0.29) is 5.69 Å². The number of nitrogens with zero attached hydrogens (tertiary/aromatic N) is 3. The molecule has 2 N–H and O–H groups in total. The van der Waals surface area contributed by atoms with Crippen LogP contribution in [-0.4, -0.2) is 27.2 Å². The van der Waals surface area contributed by atoms with Gasteiger partial charge in [-0.15, -0.1) is 0 Å². The minimum absolute atomic E-state index is 0.0152. The summed E-state index contributed by atoms with van der Waals surface area (Å²) < 4.78 is 1.67. The van der Waals surface area contributed by atoms with Crippen LogP contribution in [-0.2, 0) is 6.54 Å². The van der Waals surface area contributed by atoms with Crippen LogP contribution in [0.3, 0.4) is 0 Å². The normalized spacial score (nSPS) is 10.0. The van der Waals surface area contributed by atoms with E-state index in [4.69, 9.17) is 22.0 Å². The van der Waals surface area contributed by atoms with Crippen LogP contribution in [0.5, 0.6) is 0 Å². The predicted octanol–water partition coefficient (Wildman–Crippen LogP) is 2.22. The van der Waals surface area contributed by atoms with Gasteiger partial charge in [0.05, 0.1) is 28.7 Å². The van der Waals surface area contributed by atoms with Gasteiger partial charge in [-0.3, -0.25) is 0 Å². The van der Waals surface area contributed by atoms with E-state index in [1.165, 1.54) is 12.5 Å². The largest absolute Gasteiger partial charge is 0.476 e. The number of carboxylic acids is 1. The number of hydrogen-bond acceptors (Lipinski definition) is 4. The van der Waals surface area contributed by atoms with E-state index in [1.807, 2.05) is 6.07 Å². The van der Waals surface area contributed by atoms with Crippen LogP contribution in [0.25, 0.3) is 0 Å². The monoisotopic (exact) mass is 290 g/mol. The fraction of sp³-hybridized carbons (Fsp3) is 0.154. The highest BCUT2D eigenvalue weighted by Gasteiger charge is 2.06. The molecule has 0 aliphatic carbocycles. The van der Waals surface area contributed by atoms with Gasteiger partial charge in [0.1, 0.15) is 0 Å². The fourth-order valence-electron chi connectivity index (χ4n) is 1.64. The summed E-state index contributed by atoms with van der Waals surface area (Å²) in [5, 5.41) is 21.1. The second-order valence-corrected chi connectivity index (χ2v) is 4.44. The van der Waals surface area contributed by atoms with Crippen molar-refractivity contribution in [2.75, 3.05) is 11.9 Å². The van der Waals surface area contributed by atoms with E-state index >= 15 is 0 Å². The molecule has 0 unspecified atom stereocenters. The Balaban J connectivity index is 1.92. The van der Waals surface area contributed by atoms with E-state index in [0.29, 0.717) is 23.7 Å². The van der Waals surface area contributed by atoms with Crippen LogP contribution in [0.4, 0.5) is 5.69 Å². The van der Waals surface area contributed by atoms with Gasteiger partial charge < -0.3 is 15.0 Å². The van der Waals surface area contributed by atoms with Gasteiger partial charge in [0.25, 0.3) is 0 Å². The number of nitriles is 1. The molecule has 0 radical (unpaired) electrons. The lowest BCUT2D eigenvalue weighted by atomic mass is 10.2. The van der Waals surface area contributed by atoms with Gasteiger partial charge in [-0.05, 0) is 18.2 Å². The number of carboxylic acid groups (broad SMARTS) is 1. The van der Waals surface area contributed by atoms with Crippen molar-refractivity contribution in [2.45, 2.75) is 6.54 Å². The molecular formula is C13H11ClN4O2. The molecule has 102 valence electrons. The van der Waals surface area contributed by atoms with Crippen molar-refractivity contribution in [2.24, 2.45) is 0 Å². The third-order valence-electron chi connectivity index (χ3n) is 2.64. The zero-order valence-corrected chi connectivity index (χ0v) is 11.1. The Morgan fingerprint density at radius 1 is 1.55 bits per heavy atom. The second-order valence-electron chi connectivity index (χ2n) is 4.04. The lowest BCUT2D eigenvalue weighted by molar-refractivity contribution is 0.0691. The van der Waals surface area contributed by atoms with Gasteiger partial charge in [0.2, 0.25) is 0 Å². The summed E-state index contributed by atoms with van der Waals surface area (Å²) in [6.45, 7) is 1.11. The first-order valence-corrected chi connectivity index (χ1v) is 6.16. The highest BCUT2D eigenvalue weighted by molar-refractivity contribution is 6.33. The van der Waals surface area contributed by atoms with Gasteiger partial charge in [0.15, 0.2) is 5.69 Å². The Morgan fingerprint density at radius 2 is 2.35 bits per heavy atom. The number of hydrogen-bond donors (Lipinski definition) is 2. The Hall–Kier alpha value is -2.52. The molecule has 0 atom stereocenters. The molecular weight excluding hydrogens is 280 g/mol. The number of nitrogens with one attached hydrogen (secondary N) is 1. The number of anilines is 1. The minimum Gasteiger partial charge on any atom is -0.476 e. The molecule has 0 saturated heterocycles. The zero-order chi connectivity index (χ0) is 14.5. The Kier molecular flexibility index (Phi) is 4.23. The van der Waals surface area contributed by atoms with E-state index in [1.54, 1.807) is 22.8 Å². The van der Waals surface area contributed by atoms with Crippen LogP contribution < -0.4 is 5.32 Å². The minimum atomic E-state index is -1.05. The quantitative estimate of drug-likeness (QED) is 0.881. The molecule has 1 aromatic carbocycles. The number of carbonyl (C=O) groups is 1. The first kappa shape index (κ1) is 13.9. The molecule has 2 aromatic rings. The van der Waals surface area contributed by atoms with Gasteiger partial charge in [-0.25, -0.2) is 9.78 Å². The zero-order valence-electron chi connectivity index (χ0n) is 10.4. The topological polar surface area (TPSA) is 90.9 Å². The van der Waals surface area contributed by atoms with Crippen molar-refractivity contribution in [3.05, 3.63) is 47.0 Å². The first-order chi connectivity index (χ1) is 9.60. The molecule has 0 bridgehead atoms. The molecule has 7 heteroatoms. The molecule has 0 aliphatic rings. The van der Waals surface area contributed by atoms with Gasteiger partial charge in [-0.1, -0.05) is 11.6 Å². The van der Waals surface area contributed by atoms with Crippen LogP contribution in [0.2, 0.25) is 5.02 Å². The first-order valence-electron chi connectivity index (χ1n) is 5.79. The smallest absolute Gasteiger partial charge is 0.356 e. The molecule has 2 rings (SSSR count). The lowest BCUT2D eigenvalue weighted by Gasteiger charge is -2.08. The summed E-state index contributed by atoms with van der Waals surface area (Å²) in [7, 11) is 0. The molecule has 6 nitrogen and oxygen atoms in total. The Labute approximate surface area is 120 Å². The molecule has 0 aliphatic heterocycles. The van der Waals surface area contributed by atoms with Gasteiger partial charge in [-0.2, -0.15) is 5.26 Å².